The van der Waals surface area contributed by atoms with Crippen LogP contribution >= 0.6 is 11.3 Å². The van der Waals surface area contributed by atoms with Crippen LogP contribution in [0.15, 0.2) is 29.6 Å². The highest BCUT2D eigenvalue weighted by atomic mass is 32.1. The van der Waals surface area contributed by atoms with Crippen LogP contribution < -0.4 is 4.74 Å². The molecular formula is C12H8FNO5S. The molecule has 1 heterocycles. The Hall–Kier alpha value is -2.48. The lowest BCUT2D eigenvalue weighted by Gasteiger charge is -2.06. The number of carboxylic acids is 1. The molecule has 0 aliphatic rings. The fraction of sp³-hybridized carbons (Fsp3) is 0.0833. The van der Waals surface area contributed by atoms with Crippen LogP contribution in [0.3, 0.4) is 0 Å². The lowest BCUT2D eigenvalue weighted by Crippen LogP contribution is -2.03. The maximum absolute atomic E-state index is 13.1. The van der Waals surface area contributed by atoms with Crippen LogP contribution in [0.1, 0.15) is 15.2 Å². The van der Waals surface area contributed by atoms with Crippen LogP contribution in [-0.4, -0.2) is 16.0 Å². The predicted molar refractivity (Wildman–Crippen MR) is 68.7 cm³/mol. The number of carboxylic acid groups (broad SMARTS) is 1. The average molecular weight is 297 g/mol. The molecule has 2 rings (SSSR count). The molecule has 0 fully saturated rings. The van der Waals surface area contributed by atoms with Gasteiger partial charge in [0, 0.05) is 17.7 Å². The lowest BCUT2D eigenvalue weighted by molar-refractivity contribution is -0.386. The molecule has 1 aromatic heterocycles. The number of nitro benzene ring substituents is 1. The minimum absolute atomic E-state index is 0.0871. The molecule has 104 valence electrons. The molecule has 0 unspecified atom stereocenters. The Morgan fingerprint density at radius 3 is 2.85 bits per heavy atom. The van der Waals surface area contributed by atoms with Gasteiger partial charge in [-0.3, -0.25) is 10.1 Å². The molecule has 0 bridgehead atoms. The number of nitro groups is 1. The van der Waals surface area contributed by atoms with E-state index in [1.165, 1.54) is 0 Å². The third-order valence-electron chi connectivity index (χ3n) is 2.44. The van der Waals surface area contributed by atoms with Crippen molar-refractivity contribution in [3.05, 3.63) is 56.0 Å². The number of halogens is 1. The lowest BCUT2D eigenvalue weighted by atomic mass is 10.2. The van der Waals surface area contributed by atoms with Gasteiger partial charge in [0.05, 0.1) is 4.92 Å². The van der Waals surface area contributed by atoms with E-state index in [4.69, 9.17) is 9.84 Å². The molecule has 0 atom stereocenters. The van der Waals surface area contributed by atoms with Gasteiger partial charge in [-0.15, -0.1) is 11.3 Å². The van der Waals surface area contributed by atoms with Gasteiger partial charge >= 0.3 is 11.7 Å². The number of benzene rings is 1. The summed E-state index contributed by atoms with van der Waals surface area (Å²) in [6, 6.07) is 4.39. The van der Waals surface area contributed by atoms with Gasteiger partial charge in [-0.05, 0) is 17.5 Å². The summed E-state index contributed by atoms with van der Waals surface area (Å²) in [7, 11) is 0. The van der Waals surface area contributed by atoms with Crippen molar-refractivity contribution in [1.82, 2.24) is 0 Å². The smallest absolute Gasteiger partial charge is 0.346 e. The highest BCUT2D eigenvalue weighted by Crippen LogP contribution is 2.29. The Kier molecular flexibility index (Phi) is 3.94. The second kappa shape index (κ2) is 5.66. The van der Waals surface area contributed by atoms with Gasteiger partial charge in [0.15, 0.2) is 5.75 Å². The monoisotopic (exact) mass is 297 g/mol. The highest BCUT2D eigenvalue weighted by molar-refractivity contribution is 7.12. The molecule has 6 nitrogen and oxygen atoms in total. The van der Waals surface area contributed by atoms with Crippen LogP contribution in [0.2, 0.25) is 0 Å². The van der Waals surface area contributed by atoms with Gasteiger partial charge in [-0.1, -0.05) is 0 Å². The average Bonchev–Trinajstić information content (AvgIpc) is 2.84. The first-order chi connectivity index (χ1) is 9.49. The van der Waals surface area contributed by atoms with E-state index in [0.29, 0.717) is 5.56 Å². The van der Waals surface area contributed by atoms with Crippen molar-refractivity contribution in [2.24, 2.45) is 0 Å². The molecule has 0 aliphatic heterocycles. The van der Waals surface area contributed by atoms with E-state index in [1.54, 1.807) is 11.4 Å². The van der Waals surface area contributed by atoms with Crippen LogP contribution in [0.4, 0.5) is 10.1 Å². The van der Waals surface area contributed by atoms with E-state index in [2.05, 4.69) is 0 Å². The van der Waals surface area contributed by atoms with Crippen molar-refractivity contribution >= 4 is 23.0 Å². The van der Waals surface area contributed by atoms with Gasteiger partial charge in [-0.25, -0.2) is 9.18 Å². The third kappa shape index (κ3) is 2.91. The maximum atomic E-state index is 13.1. The molecule has 0 aliphatic carbocycles. The number of nitrogens with zero attached hydrogens (tertiary/aromatic N) is 1. The molecule has 0 saturated carbocycles. The molecule has 0 amide bonds. The van der Waals surface area contributed by atoms with E-state index >= 15 is 0 Å². The second-order valence-electron chi connectivity index (χ2n) is 3.74. The normalized spacial score (nSPS) is 10.2. The molecule has 0 saturated heterocycles. The summed E-state index contributed by atoms with van der Waals surface area (Å²) in [4.78, 5) is 21.1. The Morgan fingerprint density at radius 2 is 2.20 bits per heavy atom. The summed E-state index contributed by atoms with van der Waals surface area (Å²) >= 11 is 1.02. The van der Waals surface area contributed by atoms with Crippen molar-refractivity contribution in [2.45, 2.75) is 6.61 Å². The number of hydrogen-bond donors (Lipinski definition) is 1. The number of hydrogen-bond acceptors (Lipinski definition) is 5. The largest absolute Gasteiger partial charge is 0.482 e. The summed E-state index contributed by atoms with van der Waals surface area (Å²) in [6.07, 6.45) is 0. The minimum atomic E-state index is -1.10. The van der Waals surface area contributed by atoms with Crippen molar-refractivity contribution < 1.29 is 24.0 Å². The van der Waals surface area contributed by atoms with Crippen molar-refractivity contribution in [3.8, 4) is 5.75 Å². The zero-order valence-corrected chi connectivity index (χ0v) is 10.7. The molecule has 1 N–H and O–H groups in total. The molecule has 20 heavy (non-hydrogen) atoms. The number of carbonyl (C=O) groups is 1. The second-order valence-corrected chi connectivity index (χ2v) is 4.65. The number of ether oxygens (including phenoxy) is 1. The predicted octanol–water partition coefficient (Wildman–Crippen LogP) is 3.07. The van der Waals surface area contributed by atoms with Crippen molar-refractivity contribution in [3.63, 3.8) is 0 Å². The van der Waals surface area contributed by atoms with E-state index in [9.17, 15) is 19.3 Å². The van der Waals surface area contributed by atoms with Crippen LogP contribution in [0.5, 0.6) is 5.75 Å². The SMILES string of the molecule is O=C(O)c1sccc1COc1cc(F)ccc1[N+](=O)[O-]. The van der Waals surface area contributed by atoms with E-state index in [1.807, 2.05) is 0 Å². The first kappa shape index (κ1) is 13.9. The van der Waals surface area contributed by atoms with E-state index < -0.39 is 16.7 Å². The third-order valence-corrected chi connectivity index (χ3v) is 3.39. The van der Waals surface area contributed by atoms with Crippen molar-refractivity contribution in [1.29, 1.82) is 0 Å². The minimum Gasteiger partial charge on any atom is -0.482 e. The summed E-state index contributed by atoms with van der Waals surface area (Å²) < 4.78 is 18.3. The quantitative estimate of drug-likeness (QED) is 0.676. The summed E-state index contributed by atoms with van der Waals surface area (Å²) in [5, 5.41) is 21.3. The zero-order chi connectivity index (χ0) is 14.7. The van der Waals surface area contributed by atoms with E-state index in [0.717, 1.165) is 29.5 Å². The molecule has 0 spiro atoms. The molecular weight excluding hydrogens is 289 g/mol. The highest BCUT2D eigenvalue weighted by Gasteiger charge is 2.18. The number of rotatable bonds is 5. The van der Waals surface area contributed by atoms with Crippen LogP contribution in [0.25, 0.3) is 0 Å². The summed E-state index contributed by atoms with van der Waals surface area (Å²) in [5.41, 5.74) is -0.000404. The van der Waals surface area contributed by atoms with E-state index in [-0.39, 0.29) is 22.9 Å². The summed E-state index contributed by atoms with van der Waals surface area (Å²) in [6.45, 7) is -0.185. The first-order valence-corrected chi connectivity index (χ1v) is 6.23. The number of thiophene rings is 1. The Morgan fingerprint density at radius 1 is 1.45 bits per heavy atom. The molecule has 8 heteroatoms. The summed E-state index contributed by atoms with van der Waals surface area (Å²) in [5.74, 6) is -2.01. The first-order valence-electron chi connectivity index (χ1n) is 5.35. The molecule has 1 aromatic carbocycles. The fourth-order valence-electron chi connectivity index (χ4n) is 1.55. The maximum Gasteiger partial charge on any atom is 0.346 e. The van der Waals surface area contributed by atoms with Crippen LogP contribution in [0, 0.1) is 15.9 Å². The molecule has 0 radical (unpaired) electrons. The van der Waals surface area contributed by atoms with Gasteiger partial charge in [0.1, 0.15) is 17.3 Å². The number of aromatic carboxylic acids is 1. The van der Waals surface area contributed by atoms with Crippen LogP contribution in [-0.2, 0) is 6.61 Å². The van der Waals surface area contributed by atoms with Gasteiger partial charge in [0.25, 0.3) is 0 Å². The van der Waals surface area contributed by atoms with Crippen molar-refractivity contribution in [2.75, 3.05) is 0 Å². The molecule has 2 aromatic rings. The Labute approximate surface area is 116 Å². The standard InChI is InChI=1S/C12H8FNO5S/c13-8-1-2-9(14(17)18)10(5-8)19-6-7-3-4-20-11(7)12(15)16/h1-5H,6H2,(H,15,16). The zero-order valence-electron chi connectivity index (χ0n) is 9.91. The Balaban J connectivity index is 2.22. The van der Waals surface area contributed by atoms with Gasteiger partial charge < -0.3 is 9.84 Å². The van der Waals surface area contributed by atoms with Gasteiger partial charge in [0.2, 0.25) is 0 Å². The fourth-order valence-corrected chi connectivity index (χ4v) is 2.29. The Bertz CT molecular complexity index is 670. The van der Waals surface area contributed by atoms with Gasteiger partial charge in [-0.2, -0.15) is 0 Å². The topological polar surface area (TPSA) is 89.7 Å².